The van der Waals surface area contributed by atoms with Crippen molar-refractivity contribution in [1.29, 1.82) is 0 Å². The Labute approximate surface area is 159 Å². The van der Waals surface area contributed by atoms with Gasteiger partial charge in [-0.1, -0.05) is 60.7 Å². The van der Waals surface area contributed by atoms with Crippen molar-refractivity contribution in [2.24, 2.45) is 0 Å². The van der Waals surface area contributed by atoms with E-state index in [4.69, 9.17) is 14.8 Å². The molecule has 138 valence electrons. The molecular formula is C22H24N4O. The van der Waals surface area contributed by atoms with Crippen LogP contribution in [0.15, 0.2) is 60.7 Å². The number of nitrogens with zero attached hydrogens (tertiary/aromatic N) is 3. The minimum absolute atomic E-state index is 0.0277. The minimum Gasteiger partial charge on any atom is -0.368 e. The van der Waals surface area contributed by atoms with Gasteiger partial charge in [-0.25, -0.2) is 9.67 Å². The lowest BCUT2D eigenvalue weighted by molar-refractivity contribution is 0.0195. The first-order chi connectivity index (χ1) is 13.4. The lowest BCUT2D eigenvalue weighted by atomic mass is 9.95. The van der Waals surface area contributed by atoms with E-state index in [0.29, 0.717) is 13.2 Å². The van der Waals surface area contributed by atoms with Gasteiger partial charge in [-0.3, -0.25) is 0 Å². The Morgan fingerprint density at radius 1 is 1.04 bits per heavy atom. The molecule has 3 aromatic rings. The first-order valence-corrected chi connectivity index (χ1v) is 9.72. The van der Waals surface area contributed by atoms with Crippen LogP contribution in [0.4, 0.5) is 0 Å². The fourth-order valence-electron chi connectivity index (χ4n) is 3.92. The second-order valence-electron chi connectivity index (χ2n) is 7.45. The van der Waals surface area contributed by atoms with Crippen LogP contribution < -0.4 is 5.32 Å². The summed E-state index contributed by atoms with van der Waals surface area (Å²) in [5.41, 5.74) is 2.51. The van der Waals surface area contributed by atoms with E-state index in [1.54, 1.807) is 0 Å². The molecule has 1 aliphatic carbocycles. The minimum atomic E-state index is -0.0460. The van der Waals surface area contributed by atoms with E-state index in [9.17, 15) is 0 Å². The van der Waals surface area contributed by atoms with Crippen molar-refractivity contribution < 1.29 is 4.74 Å². The second kappa shape index (κ2) is 6.91. The highest BCUT2D eigenvalue weighted by molar-refractivity contribution is 5.39. The van der Waals surface area contributed by atoms with Crippen LogP contribution in [-0.2, 0) is 16.7 Å². The van der Waals surface area contributed by atoms with Crippen molar-refractivity contribution in [3.05, 3.63) is 83.4 Å². The Balaban J connectivity index is 1.53. The molecule has 2 aromatic carbocycles. The molecule has 2 aliphatic rings. The second-order valence-corrected chi connectivity index (χ2v) is 7.45. The summed E-state index contributed by atoms with van der Waals surface area (Å²) in [7, 11) is 0. The van der Waals surface area contributed by atoms with Crippen molar-refractivity contribution >= 4 is 0 Å². The maximum Gasteiger partial charge on any atom is 0.161 e. The number of hydrogen-bond acceptors (Lipinski definition) is 4. The van der Waals surface area contributed by atoms with E-state index < -0.39 is 0 Å². The first kappa shape index (κ1) is 16.7. The highest BCUT2D eigenvalue weighted by Crippen LogP contribution is 2.52. The molecule has 27 heavy (non-hydrogen) atoms. The molecule has 1 N–H and O–H groups in total. The van der Waals surface area contributed by atoms with Crippen molar-refractivity contribution in [2.45, 2.75) is 30.9 Å². The number of aromatic nitrogens is 3. The molecule has 0 spiro atoms. The van der Waals surface area contributed by atoms with E-state index in [0.717, 1.165) is 37.6 Å². The van der Waals surface area contributed by atoms with Gasteiger partial charge in [0.2, 0.25) is 0 Å². The van der Waals surface area contributed by atoms with E-state index in [1.165, 1.54) is 11.1 Å². The van der Waals surface area contributed by atoms with Crippen molar-refractivity contribution in [2.75, 3.05) is 19.7 Å². The fraction of sp³-hybridized carbons (Fsp3) is 0.364. The average Bonchev–Trinajstić information content (AvgIpc) is 3.45. The Morgan fingerprint density at radius 3 is 2.44 bits per heavy atom. The third kappa shape index (κ3) is 3.17. The SMILES string of the molecule is c1ccc(Cn2nc(C3(c4ccccc4)CC3)nc2C2CNCCO2)cc1. The molecule has 0 radical (unpaired) electrons. The van der Waals surface area contributed by atoms with Gasteiger partial charge >= 0.3 is 0 Å². The molecule has 1 atom stereocenters. The quantitative estimate of drug-likeness (QED) is 0.760. The molecule has 1 aromatic heterocycles. The smallest absolute Gasteiger partial charge is 0.161 e. The van der Waals surface area contributed by atoms with Gasteiger partial charge in [0.15, 0.2) is 11.6 Å². The lowest BCUT2D eigenvalue weighted by Gasteiger charge is -2.23. The van der Waals surface area contributed by atoms with Crippen LogP contribution in [-0.4, -0.2) is 34.5 Å². The monoisotopic (exact) mass is 360 g/mol. The van der Waals surface area contributed by atoms with E-state index in [-0.39, 0.29) is 11.5 Å². The van der Waals surface area contributed by atoms with Crippen LogP contribution in [0.25, 0.3) is 0 Å². The number of ether oxygens (including phenoxy) is 1. The van der Waals surface area contributed by atoms with Crippen LogP contribution in [0.3, 0.4) is 0 Å². The molecule has 0 bridgehead atoms. The average molecular weight is 360 g/mol. The number of hydrogen-bond donors (Lipinski definition) is 1. The third-order valence-electron chi connectivity index (χ3n) is 5.60. The van der Waals surface area contributed by atoms with Crippen molar-refractivity contribution in [3.63, 3.8) is 0 Å². The van der Waals surface area contributed by atoms with Gasteiger partial charge in [0.05, 0.1) is 18.6 Å². The molecule has 5 heteroatoms. The summed E-state index contributed by atoms with van der Waals surface area (Å²) < 4.78 is 8.06. The summed E-state index contributed by atoms with van der Waals surface area (Å²) in [6.45, 7) is 3.10. The molecule has 0 amide bonds. The van der Waals surface area contributed by atoms with Crippen LogP contribution in [0.1, 0.15) is 41.7 Å². The van der Waals surface area contributed by atoms with Crippen LogP contribution in [0.5, 0.6) is 0 Å². The van der Waals surface area contributed by atoms with Gasteiger partial charge in [-0.05, 0) is 24.0 Å². The topological polar surface area (TPSA) is 52.0 Å². The Kier molecular flexibility index (Phi) is 4.26. The van der Waals surface area contributed by atoms with Crippen LogP contribution in [0, 0.1) is 0 Å². The Hall–Kier alpha value is -2.50. The van der Waals surface area contributed by atoms with Gasteiger partial charge in [-0.2, -0.15) is 5.10 Å². The molecule has 2 fully saturated rings. The maximum absolute atomic E-state index is 6.01. The maximum atomic E-state index is 6.01. The summed E-state index contributed by atoms with van der Waals surface area (Å²) in [6, 6.07) is 21.1. The highest BCUT2D eigenvalue weighted by atomic mass is 16.5. The zero-order valence-corrected chi connectivity index (χ0v) is 15.3. The summed E-state index contributed by atoms with van der Waals surface area (Å²) >= 11 is 0. The van der Waals surface area contributed by atoms with E-state index >= 15 is 0 Å². The molecular weight excluding hydrogens is 336 g/mol. The summed E-state index contributed by atoms with van der Waals surface area (Å²) in [5.74, 6) is 1.87. The van der Waals surface area contributed by atoms with Gasteiger partial charge in [0.25, 0.3) is 0 Å². The zero-order chi connectivity index (χ0) is 18.1. The number of rotatable bonds is 5. The van der Waals surface area contributed by atoms with E-state index in [1.807, 2.05) is 10.7 Å². The zero-order valence-electron chi connectivity index (χ0n) is 15.3. The third-order valence-corrected chi connectivity index (χ3v) is 5.60. The molecule has 1 saturated heterocycles. The number of nitrogens with one attached hydrogen (secondary N) is 1. The standard InChI is InChI=1S/C22H24N4O/c1-3-7-17(8-4-1)16-26-20(19-15-23-13-14-27-19)24-21(25-26)22(11-12-22)18-9-5-2-6-10-18/h1-10,19,23H,11-16H2. The Morgan fingerprint density at radius 2 is 1.78 bits per heavy atom. The van der Waals surface area contributed by atoms with Crippen LogP contribution in [0.2, 0.25) is 0 Å². The largest absolute Gasteiger partial charge is 0.368 e. The van der Waals surface area contributed by atoms with Crippen LogP contribution >= 0.6 is 0 Å². The molecule has 2 heterocycles. The summed E-state index contributed by atoms with van der Waals surface area (Å²) in [6.07, 6.45) is 2.17. The predicted molar refractivity (Wildman–Crippen MR) is 104 cm³/mol. The number of benzene rings is 2. The fourth-order valence-corrected chi connectivity index (χ4v) is 3.92. The molecule has 1 unspecified atom stereocenters. The van der Waals surface area contributed by atoms with Gasteiger partial charge in [-0.15, -0.1) is 0 Å². The Bertz CT molecular complexity index is 897. The highest BCUT2D eigenvalue weighted by Gasteiger charge is 2.50. The number of morpholine rings is 1. The molecule has 5 nitrogen and oxygen atoms in total. The van der Waals surface area contributed by atoms with Crippen molar-refractivity contribution in [1.82, 2.24) is 20.1 Å². The van der Waals surface area contributed by atoms with Gasteiger partial charge < -0.3 is 10.1 Å². The lowest BCUT2D eigenvalue weighted by Crippen LogP contribution is -2.35. The summed E-state index contributed by atoms with van der Waals surface area (Å²) in [5, 5.41) is 8.40. The van der Waals surface area contributed by atoms with Gasteiger partial charge in [0, 0.05) is 13.1 Å². The normalized spacial score (nSPS) is 21.1. The summed E-state index contributed by atoms with van der Waals surface area (Å²) in [4.78, 5) is 5.03. The first-order valence-electron chi connectivity index (χ1n) is 9.72. The predicted octanol–water partition coefficient (Wildman–Crippen LogP) is 3.07. The van der Waals surface area contributed by atoms with E-state index in [2.05, 4.69) is 59.9 Å². The molecule has 1 saturated carbocycles. The molecule has 5 rings (SSSR count). The molecule has 1 aliphatic heterocycles. The van der Waals surface area contributed by atoms with Crippen molar-refractivity contribution in [3.8, 4) is 0 Å². The van der Waals surface area contributed by atoms with Gasteiger partial charge in [0.1, 0.15) is 6.10 Å².